The Hall–Kier alpha value is -1.84. The molecule has 0 saturated carbocycles. The van der Waals surface area contributed by atoms with Gasteiger partial charge >= 0.3 is 18.3 Å². The van der Waals surface area contributed by atoms with Crippen LogP contribution in [0.2, 0.25) is 0 Å². The molecule has 1 unspecified atom stereocenters. The lowest BCUT2D eigenvalue weighted by Crippen LogP contribution is -2.23. The highest BCUT2D eigenvalue weighted by Crippen LogP contribution is 2.41. The zero-order valence-electron chi connectivity index (χ0n) is 8.75. The molecule has 0 aliphatic carbocycles. The van der Waals surface area contributed by atoms with Crippen LogP contribution in [0.5, 0.6) is 0 Å². The van der Waals surface area contributed by atoms with Crippen LogP contribution in [0.1, 0.15) is 22.8 Å². The molecule has 0 bridgehead atoms. The number of aliphatic carboxylic acids is 1. The average molecular weight is 289 g/mol. The van der Waals surface area contributed by atoms with Gasteiger partial charge in [-0.3, -0.25) is 4.98 Å². The first kappa shape index (κ1) is 15.2. The number of alkyl halides is 6. The number of carboxylic acid groups (broad SMARTS) is 1. The van der Waals surface area contributed by atoms with Crippen LogP contribution in [-0.2, 0) is 17.1 Å². The van der Waals surface area contributed by atoms with E-state index in [9.17, 15) is 31.1 Å². The van der Waals surface area contributed by atoms with Gasteiger partial charge < -0.3 is 10.2 Å². The number of rotatable bonds is 2. The van der Waals surface area contributed by atoms with Gasteiger partial charge in [-0.15, -0.1) is 0 Å². The Bertz CT molecular complexity index is 463. The van der Waals surface area contributed by atoms with Crippen LogP contribution in [0, 0.1) is 0 Å². The molecule has 0 saturated heterocycles. The summed E-state index contributed by atoms with van der Waals surface area (Å²) >= 11 is 0. The van der Waals surface area contributed by atoms with Crippen molar-refractivity contribution in [3.8, 4) is 0 Å². The summed E-state index contributed by atoms with van der Waals surface area (Å²) < 4.78 is 75.2. The summed E-state index contributed by atoms with van der Waals surface area (Å²) in [5.41, 5.74) is -5.67. The van der Waals surface area contributed by atoms with Gasteiger partial charge in [0.1, 0.15) is 0 Å². The molecular formula is C9H5F6NO3. The molecule has 0 aliphatic heterocycles. The van der Waals surface area contributed by atoms with Crippen LogP contribution in [0.25, 0.3) is 0 Å². The molecule has 19 heavy (non-hydrogen) atoms. The minimum Gasteiger partial charge on any atom is -0.479 e. The van der Waals surface area contributed by atoms with E-state index in [0.717, 1.165) is 0 Å². The Balaban J connectivity index is 3.64. The average Bonchev–Trinajstić information content (AvgIpc) is 2.24. The second kappa shape index (κ2) is 4.68. The van der Waals surface area contributed by atoms with Gasteiger partial charge in [0.05, 0.1) is 11.1 Å². The van der Waals surface area contributed by atoms with Crippen molar-refractivity contribution in [2.24, 2.45) is 0 Å². The van der Waals surface area contributed by atoms with Crippen molar-refractivity contribution in [2.75, 3.05) is 0 Å². The Morgan fingerprint density at radius 2 is 1.42 bits per heavy atom. The first-order valence-corrected chi connectivity index (χ1v) is 4.49. The van der Waals surface area contributed by atoms with E-state index >= 15 is 0 Å². The first-order chi connectivity index (χ1) is 8.46. The van der Waals surface area contributed by atoms with Gasteiger partial charge in [0, 0.05) is 18.0 Å². The monoisotopic (exact) mass is 289 g/mol. The SMILES string of the molecule is O=C(O)C(O)c1c(C(F)(F)F)cncc1C(F)(F)F. The fourth-order valence-corrected chi connectivity index (χ4v) is 1.34. The summed E-state index contributed by atoms with van der Waals surface area (Å²) in [5.74, 6) is -2.23. The summed E-state index contributed by atoms with van der Waals surface area (Å²) in [5, 5.41) is 17.5. The van der Waals surface area contributed by atoms with Crippen molar-refractivity contribution in [3.63, 3.8) is 0 Å². The number of aromatic nitrogens is 1. The molecule has 1 atom stereocenters. The number of pyridine rings is 1. The minimum absolute atomic E-state index is 0.0245. The highest BCUT2D eigenvalue weighted by molar-refractivity contribution is 5.75. The molecular weight excluding hydrogens is 284 g/mol. The van der Waals surface area contributed by atoms with Gasteiger partial charge in [-0.2, -0.15) is 26.3 Å². The van der Waals surface area contributed by atoms with Crippen molar-refractivity contribution in [2.45, 2.75) is 18.5 Å². The number of halogens is 6. The number of aliphatic hydroxyl groups excluding tert-OH is 1. The lowest BCUT2D eigenvalue weighted by Gasteiger charge is -2.19. The number of carbonyl (C=O) groups is 1. The molecule has 0 fully saturated rings. The number of carboxylic acids is 1. The van der Waals surface area contributed by atoms with Crippen LogP contribution in [0.4, 0.5) is 26.3 Å². The Morgan fingerprint density at radius 1 is 1.05 bits per heavy atom. The van der Waals surface area contributed by atoms with E-state index in [4.69, 9.17) is 10.2 Å². The van der Waals surface area contributed by atoms with E-state index in [1.165, 1.54) is 0 Å². The third-order valence-electron chi connectivity index (χ3n) is 2.11. The van der Waals surface area contributed by atoms with E-state index in [-0.39, 0.29) is 12.4 Å². The summed E-state index contributed by atoms with van der Waals surface area (Å²) in [4.78, 5) is 13.2. The molecule has 1 rings (SSSR count). The normalized spacial score (nSPS) is 14.3. The van der Waals surface area contributed by atoms with Gasteiger partial charge in [0.2, 0.25) is 0 Å². The first-order valence-electron chi connectivity index (χ1n) is 4.49. The predicted octanol–water partition coefficient (Wildman–Crippen LogP) is 2.24. The summed E-state index contributed by atoms with van der Waals surface area (Å²) in [6, 6.07) is 0. The fourth-order valence-electron chi connectivity index (χ4n) is 1.34. The topological polar surface area (TPSA) is 70.4 Å². The maximum Gasteiger partial charge on any atom is 0.418 e. The smallest absolute Gasteiger partial charge is 0.418 e. The summed E-state index contributed by atoms with van der Waals surface area (Å²) in [6.07, 6.45) is -13.5. The van der Waals surface area contributed by atoms with E-state index in [0.29, 0.717) is 0 Å². The van der Waals surface area contributed by atoms with Gasteiger partial charge in [-0.1, -0.05) is 0 Å². The maximum atomic E-state index is 12.5. The highest BCUT2D eigenvalue weighted by Gasteiger charge is 2.44. The minimum atomic E-state index is -5.28. The molecule has 2 N–H and O–H groups in total. The Kier molecular flexibility index (Phi) is 3.75. The third kappa shape index (κ3) is 3.13. The van der Waals surface area contributed by atoms with Crippen LogP contribution in [0.15, 0.2) is 12.4 Å². The van der Waals surface area contributed by atoms with Crippen LogP contribution in [0.3, 0.4) is 0 Å². The molecule has 0 spiro atoms. The standard InChI is InChI=1S/C9H5F6NO3/c10-8(11,12)3-1-16-2-4(9(13,14)15)5(3)6(17)7(18)19/h1-2,6,17H,(H,18,19). The lowest BCUT2D eigenvalue weighted by molar-refractivity contribution is -0.153. The van der Waals surface area contributed by atoms with E-state index in [1.807, 2.05) is 0 Å². The maximum absolute atomic E-state index is 12.5. The largest absolute Gasteiger partial charge is 0.479 e. The third-order valence-corrected chi connectivity index (χ3v) is 2.11. The quantitative estimate of drug-likeness (QED) is 0.819. The van der Waals surface area contributed by atoms with Crippen LogP contribution < -0.4 is 0 Å². The van der Waals surface area contributed by atoms with Crippen molar-refractivity contribution in [1.82, 2.24) is 4.98 Å². The van der Waals surface area contributed by atoms with Gasteiger partial charge in [-0.05, 0) is 0 Å². The molecule has 0 aliphatic rings. The van der Waals surface area contributed by atoms with Gasteiger partial charge in [-0.25, -0.2) is 4.79 Å². The molecule has 0 radical (unpaired) electrons. The van der Waals surface area contributed by atoms with E-state index in [1.54, 1.807) is 0 Å². The molecule has 4 nitrogen and oxygen atoms in total. The molecule has 1 heterocycles. The lowest BCUT2D eigenvalue weighted by atomic mass is 9.98. The second-order valence-electron chi connectivity index (χ2n) is 3.38. The van der Waals surface area contributed by atoms with Crippen LogP contribution >= 0.6 is 0 Å². The molecule has 106 valence electrons. The molecule has 0 aromatic carbocycles. The summed E-state index contributed by atoms with van der Waals surface area (Å²) in [6.45, 7) is 0. The molecule has 10 heteroatoms. The van der Waals surface area contributed by atoms with E-state index in [2.05, 4.69) is 4.98 Å². The number of nitrogens with zero attached hydrogens (tertiary/aromatic N) is 1. The summed E-state index contributed by atoms with van der Waals surface area (Å²) in [7, 11) is 0. The Labute approximate surface area is 101 Å². The number of hydrogen-bond donors (Lipinski definition) is 2. The second-order valence-corrected chi connectivity index (χ2v) is 3.38. The molecule has 0 amide bonds. The van der Waals surface area contributed by atoms with Gasteiger partial charge in [0.25, 0.3) is 0 Å². The number of hydrogen-bond acceptors (Lipinski definition) is 3. The predicted molar refractivity (Wildman–Crippen MR) is 46.8 cm³/mol. The highest BCUT2D eigenvalue weighted by atomic mass is 19.4. The van der Waals surface area contributed by atoms with Gasteiger partial charge in [0.15, 0.2) is 6.10 Å². The van der Waals surface area contributed by atoms with Crippen LogP contribution in [-0.4, -0.2) is 21.2 Å². The van der Waals surface area contributed by atoms with Crippen molar-refractivity contribution in [3.05, 3.63) is 29.1 Å². The molecule has 1 aromatic rings. The number of aliphatic hydroxyl groups is 1. The van der Waals surface area contributed by atoms with Crippen molar-refractivity contribution in [1.29, 1.82) is 0 Å². The van der Waals surface area contributed by atoms with Crippen molar-refractivity contribution < 1.29 is 41.4 Å². The Morgan fingerprint density at radius 3 is 1.68 bits per heavy atom. The van der Waals surface area contributed by atoms with Crippen molar-refractivity contribution >= 4 is 5.97 Å². The molecule has 1 aromatic heterocycles. The van der Waals surface area contributed by atoms with E-state index < -0.39 is 41.1 Å². The fraction of sp³-hybridized carbons (Fsp3) is 0.333. The zero-order valence-corrected chi connectivity index (χ0v) is 8.75. The zero-order chi connectivity index (χ0) is 15.0.